The van der Waals surface area contributed by atoms with Crippen LogP contribution in [0.25, 0.3) is 0 Å². The fourth-order valence-corrected chi connectivity index (χ4v) is 2.42. The van der Waals surface area contributed by atoms with E-state index in [0.29, 0.717) is 18.5 Å². The Labute approximate surface area is 113 Å². The number of pyridine rings is 1. The van der Waals surface area contributed by atoms with Gasteiger partial charge in [-0.1, -0.05) is 0 Å². The smallest absolute Gasteiger partial charge is 0.256 e. The highest BCUT2D eigenvalue weighted by molar-refractivity contribution is 5.93. The quantitative estimate of drug-likeness (QED) is 0.846. The Bertz CT molecular complexity index is 495. The molecule has 0 radical (unpaired) electrons. The van der Waals surface area contributed by atoms with Crippen molar-refractivity contribution in [3.8, 4) is 0 Å². The highest BCUT2D eigenvalue weighted by atomic mass is 16.2. The van der Waals surface area contributed by atoms with Crippen molar-refractivity contribution in [2.45, 2.75) is 26.3 Å². The van der Waals surface area contributed by atoms with Gasteiger partial charge in [0.25, 0.3) is 5.91 Å². The lowest BCUT2D eigenvalue weighted by Gasteiger charge is -2.20. The third kappa shape index (κ3) is 3.44. The van der Waals surface area contributed by atoms with Crippen molar-refractivity contribution in [2.24, 2.45) is 5.92 Å². The van der Waals surface area contributed by atoms with E-state index in [1.165, 1.54) is 18.5 Å². The average Bonchev–Trinajstić information content (AvgIpc) is 2.85. The molecule has 0 spiro atoms. The Hall–Kier alpha value is -1.62. The zero-order valence-electron chi connectivity index (χ0n) is 11.5. The average molecular weight is 263 g/mol. The largest absolute Gasteiger partial charge is 0.367 e. The second-order valence-corrected chi connectivity index (χ2v) is 5.38. The molecule has 104 valence electrons. The summed E-state index contributed by atoms with van der Waals surface area (Å²) in [5.74, 6) is 0.194. The number of H-pyrrole nitrogens is 1. The van der Waals surface area contributed by atoms with E-state index in [9.17, 15) is 9.59 Å². The molecule has 1 atom stereocenters. The van der Waals surface area contributed by atoms with Crippen LogP contribution < -0.4 is 10.7 Å². The van der Waals surface area contributed by atoms with Crippen LogP contribution in [-0.4, -0.2) is 41.5 Å². The van der Waals surface area contributed by atoms with Crippen molar-refractivity contribution in [1.29, 1.82) is 0 Å². The molecule has 2 N–H and O–H groups in total. The summed E-state index contributed by atoms with van der Waals surface area (Å²) in [7, 11) is 0. The van der Waals surface area contributed by atoms with Crippen molar-refractivity contribution in [3.05, 3.63) is 34.2 Å². The van der Waals surface area contributed by atoms with Crippen molar-refractivity contribution in [3.63, 3.8) is 0 Å². The van der Waals surface area contributed by atoms with Gasteiger partial charge in [0.05, 0.1) is 0 Å². The molecular weight excluding hydrogens is 242 g/mol. The Balaban J connectivity index is 1.85. The van der Waals surface area contributed by atoms with Crippen LogP contribution >= 0.6 is 0 Å². The normalized spacial score (nSPS) is 19.8. The molecule has 2 heterocycles. The summed E-state index contributed by atoms with van der Waals surface area (Å²) in [6.45, 7) is 7.11. The van der Waals surface area contributed by atoms with Crippen LogP contribution in [0.2, 0.25) is 0 Å². The molecule has 0 aliphatic carbocycles. The van der Waals surface area contributed by atoms with E-state index in [1.54, 1.807) is 0 Å². The Morgan fingerprint density at radius 2 is 2.37 bits per heavy atom. The third-order valence-electron chi connectivity index (χ3n) is 3.67. The predicted octanol–water partition coefficient (Wildman–Crippen LogP) is 0.835. The number of hydrogen-bond donors (Lipinski definition) is 2. The van der Waals surface area contributed by atoms with Crippen LogP contribution in [0.3, 0.4) is 0 Å². The van der Waals surface area contributed by atoms with Gasteiger partial charge in [-0.15, -0.1) is 0 Å². The Kier molecular flexibility index (Phi) is 4.37. The van der Waals surface area contributed by atoms with Gasteiger partial charge in [0.2, 0.25) is 0 Å². The summed E-state index contributed by atoms with van der Waals surface area (Å²) in [6, 6.07) is 1.92. The van der Waals surface area contributed by atoms with E-state index in [2.05, 4.69) is 29.0 Å². The molecule has 0 aromatic carbocycles. The number of amides is 1. The maximum atomic E-state index is 11.9. The van der Waals surface area contributed by atoms with Crippen LogP contribution in [0.5, 0.6) is 0 Å². The maximum Gasteiger partial charge on any atom is 0.256 e. The second kappa shape index (κ2) is 6.02. The van der Waals surface area contributed by atoms with Crippen LogP contribution in [0.15, 0.2) is 23.3 Å². The summed E-state index contributed by atoms with van der Waals surface area (Å²) >= 11 is 0. The molecule has 1 saturated heterocycles. The molecule has 1 aromatic heterocycles. The molecule has 1 aromatic rings. The van der Waals surface area contributed by atoms with Crippen molar-refractivity contribution >= 4 is 5.91 Å². The third-order valence-corrected chi connectivity index (χ3v) is 3.67. The zero-order valence-corrected chi connectivity index (χ0v) is 11.5. The number of likely N-dealkylation sites (tertiary alicyclic amines) is 1. The molecule has 2 rings (SSSR count). The molecular formula is C14H21N3O2. The molecule has 5 nitrogen and oxygen atoms in total. The van der Waals surface area contributed by atoms with Gasteiger partial charge in [0.1, 0.15) is 5.56 Å². The monoisotopic (exact) mass is 263 g/mol. The number of rotatable bonds is 4. The highest BCUT2D eigenvalue weighted by Crippen LogP contribution is 2.17. The number of nitrogens with one attached hydrogen (secondary N) is 2. The summed E-state index contributed by atoms with van der Waals surface area (Å²) in [4.78, 5) is 28.6. The van der Waals surface area contributed by atoms with Gasteiger partial charge in [0.15, 0.2) is 5.43 Å². The maximum absolute atomic E-state index is 11.9. The van der Waals surface area contributed by atoms with Gasteiger partial charge >= 0.3 is 0 Å². The predicted molar refractivity (Wildman–Crippen MR) is 74.2 cm³/mol. The molecule has 1 aliphatic rings. The van der Waals surface area contributed by atoms with E-state index < -0.39 is 0 Å². The van der Waals surface area contributed by atoms with Gasteiger partial charge in [-0.3, -0.25) is 9.59 Å². The van der Waals surface area contributed by atoms with Crippen LogP contribution in [0.4, 0.5) is 0 Å². The Morgan fingerprint density at radius 3 is 3.00 bits per heavy atom. The van der Waals surface area contributed by atoms with Crippen LogP contribution in [-0.2, 0) is 0 Å². The van der Waals surface area contributed by atoms with E-state index in [0.717, 1.165) is 19.5 Å². The van der Waals surface area contributed by atoms with E-state index >= 15 is 0 Å². The van der Waals surface area contributed by atoms with Crippen LogP contribution in [0, 0.1) is 5.92 Å². The van der Waals surface area contributed by atoms with Gasteiger partial charge in [-0.05, 0) is 32.7 Å². The molecule has 1 aliphatic heterocycles. The van der Waals surface area contributed by atoms with E-state index in [4.69, 9.17) is 0 Å². The molecule has 19 heavy (non-hydrogen) atoms. The molecule has 1 amide bonds. The highest BCUT2D eigenvalue weighted by Gasteiger charge is 2.24. The fraction of sp³-hybridized carbons (Fsp3) is 0.571. The standard InChI is InChI=1S/C14H21N3O2/c1-10(2)17-6-4-11(9-17)7-16-14(19)12-8-15-5-3-13(12)18/h3,5,8,10-11H,4,6-7,9H2,1-2H3,(H,15,18)(H,16,19). The second-order valence-electron chi connectivity index (χ2n) is 5.38. The van der Waals surface area contributed by atoms with Crippen molar-refractivity contribution < 1.29 is 4.79 Å². The SMILES string of the molecule is CC(C)N1CCC(CNC(=O)c2c[nH]ccc2=O)C1. The fourth-order valence-electron chi connectivity index (χ4n) is 2.42. The minimum absolute atomic E-state index is 0.182. The lowest BCUT2D eigenvalue weighted by atomic mass is 10.1. The molecule has 0 saturated carbocycles. The minimum Gasteiger partial charge on any atom is -0.367 e. The number of carbonyl (C=O) groups excluding carboxylic acids is 1. The first-order valence-electron chi connectivity index (χ1n) is 6.77. The van der Waals surface area contributed by atoms with Crippen LogP contribution in [0.1, 0.15) is 30.6 Å². The summed E-state index contributed by atoms with van der Waals surface area (Å²) in [6.07, 6.45) is 4.08. The zero-order chi connectivity index (χ0) is 13.8. The lowest BCUT2D eigenvalue weighted by Crippen LogP contribution is -2.34. The van der Waals surface area contributed by atoms with Crippen molar-refractivity contribution in [2.75, 3.05) is 19.6 Å². The Morgan fingerprint density at radius 1 is 1.58 bits per heavy atom. The number of hydrogen-bond acceptors (Lipinski definition) is 3. The van der Waals surface area contributed by atoms with Crippen molar-refractivity contribution in [1.82, 2.24) is 15.2 Å². The first kappa shape index (κ1) is 13.8. The van der Waals surface area contributed by atoms with E-state index in [-0.39, 0.29) is 16.9 Å². The minimum atomic E-state index is -0.287. The summed E-state index contributed by atoms with van der Waals surface area (Å²) in [5, 5.41) is 2.86. The van der Waals surface area contributed by atoms with Gasteiger partial charge in [-0.25, -0.2) is 0 Å². The number of aromatic nitrogens is 1. The first-order chi connectivity index (χ1) is 9.08. The lowest BCUT2D eigenvalue weighted by molar-refractivity contribution is 0.0945. The summed E-state index contributed by atoms with van der Waals surface area (Å²) < 4.78 is 0. The topological polar surface area (TPSA) is 65.2 Å². The van der Waals surface area contributed by atoms with Gasteiger partial charge < -0.3 is 15.2 Å². The summed E-state index contributed by atoms with van der Waals surface area (Å²) in [5.41, 5.74) is -0.0623. The number of nitrogens with zero attached hydrogens (tertiary/aromatic N) is 1. The molecule has 5 heteroatoms. The van der Waals surface area contributed by atoms with Gasteiger partial charge in [0, 0.05) is 37.6 Å². The molecule has 1 fully saturated rings. The number of aromatic amines is 1. The van der Waals surface area contributed by atoms with Gasteiger partial charge in [-0.2, -0.15) is 0 Å². The molecule has 1 unspecified atom stereocenters. The molecule has 0 bridgehead atoms. The van der Waals surface area contributed by atoms with E-state index in [1.807, 2.05) is 0 Å². The first-order valence-corrected chi connectivity index (χ1v) is 6.77. The number of carbonyl (C=O) groups is 1.